The molecule has 1 aliphatic carbocycles. The Kier molecular flexibility index (Phi) is 2.45. The SMILES string of the molecule is NCC1CC(Oc2ccccn2)C1. The van der Waals surface area contributed by atoms with Crippen molar-refractivity contribution in [3.05, 3.63) is 24.4 Å². The number of nitrogens with zero attached hydrogens (tertiary/aromatic N) is 1. The van der Waals surface area contributed by atoms with Gasteiger partial charge < -0.3 is 10.5 Å². The summed E-state index contributed by atoms with van der Waals surface area (Å²) in [6.07, 6.45) is 4.23. The standard InChI is InChI=1S/C10H14N2O/c11-7-8-5-9(6-8)13-10-3-1-2-4-12-10/h1-4,8-9H,5-7,11H2. The summed E-state index contributed by atoms with van der Waals surface area (Å²) in [7, 11) is 0. The molecule has 2 rings (SSSR count). The Morgan fingerprint density at radius 3 is 2.92 bits per heavy atom. The third kappa shape index (κ3) is 1.98. The van der Waals surface area contributed by atoms with Gasteiger partial charge in [0.1, 0.15) is 6.10 Å². The minimum atomic E-state index is 0.337. The lowest BCUT2D eigenvalue weighted by molar-refractivity contribution is 0.0649. The fourth-order valence-corrected chi connectivity index (χ4v) is 1.55. The second-order valence-corrected chi connectivity index (χ2v) is 3.48. The van der Waals surface area contributed by atoms with Crippen molar-refractivity contribution in [3.8, 4) is 5.88 Å². The first kappa shape index (κ1) is 8.51. The maximum absolute atomic E-state index is 5.62. The first-order valence-electron chi connectivity index (χ1n) is 4.66. The monoisotopic (exact) mass is 178 g/mol. The first-order chi connectivity index (χ1) is 6.38. The van der Waals surface area contributed by atoms with Gasteiger partial charge in [0, 0.05) is 12.3 Å². The molecule has 0 amide bonds. The summed E-state index contributed by atoms with van der Waals surface area (Å²) >= 11 is 0. The molecule has 3 heteroatoms. The molecule has 0 saturated heterocycles. The van der Waals surface area contributed by atoms with Gasteiger partial charge in [-0.2, -0.15) is 0 Å². The third-order valence-electron chi connectivity index (χ3n) is 2.45. The molecule has 0 atom stereocenters. The van der Waals surface area contributed by atoms with E-state index in [0.717, 1.165) is 25.3 Å². The van der Waals surface area contributed by atoms with Gasteiger partial charge in [-0.05, 0) is 31.4 Å². The van der Waals surface area contributed by atoms with E-state index >= 15 is 0 Å². The molecule has 1 aliphatic rings. The van der Waals surface area contributed by atoms with Crippen molar-refractivity contribution in [3.63, 3.8) is 0 Å². The van der Waals surface area contributed by atoms with Gasteiger partial charge in [0.05, 0.1) is 0 Å². The van der Waals surface area contributed by atoms with Gasteiger partial charge in [-0.1, -0.05) is 6.07 Å². The fourth-order valence-electron chi connectivity index (χ4n) is 1.55. The van der Waals surface area contributed by atoms with Gasteiger partial charge >= 0.3 is 0 Å². The molecule has 2 N–H and O–H groups in total. The number of aromatic nitrogens is 1. The Morgan fingerprint density at radius 2 is 2.31 bits per heavy atom. The molecule has 1 aromatic heterocycles. The molecule has 0 radical (unpaired) electrons. The maximum Gasteiger partial charge on any atom is 0.213 e. The lowest BCUT2D eigenvalue weighted by Crippen LogP contribution is -2.37. The van der Waals surface area contributed by atoms with E-state index in [1.165, 1.54) is 0 Å². The average molecular weight is 178 g/mol. The Bertz CT molecular complexity index is 257. The van der Waals surface area contributed by atoms with E-state index in [1.54, 1.807) is 6.20 Å². The van der Waals surface area contributed by atoms with E-state index in [9.17, 15) is 0 Å². The van der Waals surface area contributed by atoms with E-state index in [2.05, 4.69) is 4.98 Å². The zero-order chi connectivity index (χ0) is 9.10. The molecule has 1 saturated carbocycles. The van der Waals surface area contributed by atoms with Gasteiger partial charge in [0.2, 0.25) is 5.88 Å². The minimum absolute atomic E-state index is 0.337. The van der Waals surface area contributed by atoms with Crippen LogP contribution in [0.5, 0.6) is 5.88 Å². The van der Waals surface area contributed by atoms with Gasteiger partial charge in [-0.15, -0.1) is 0 Å². The largest absolute Gasteiger partial charge is 0.474 e. The van der Waals surface area contributed by atoms with E-state index in [1.807, 2.05) is 18.2 Å². The van der Waals surface area contributed by atoms with Crippen LogP contribution in [0.1, 0.15) is 12.8 Å². The Labute approximate surface area is 77.9 Å². The molecule has 0 bridgehead atoms. The molecular formula is C10H14N2O. The van der Waals surface area contributed by atoms with Crippen molar-refractivity contribution in [1.82, 2.24) is 4.98 Å². The van der Waals surface area contributed by atoms with Crippen LogP contribution in [0.2, 0.25) is 0 Å². The Hall–Kier alpha value is -1.09. The summed E-state index contributed by atoms with van der Waals surface area (Å²) in [5.74, 6) is 1.39. The molecule has 13 heavy (non-hydrogen) atoms. The summed E-state index contributed by atoms with van der Waals surface area (Å²) in [6, 6.07) is 5.70. The van der Waals surface area contributed by atoms with Crippen molar-refractivity contribution in [2.24, 2.45) is 11.7 Å². The second-order valence-electron chi connectivity index (χ2n) is 3.48. The number of ether oxygens (including phenoxy) is 1. The van der Waals surface area contributed by atoms with Crippen LogP contribution in [0.4, 0.5) is 0 Å². The Balaban J connectivity index is 1.81. The molecule has 1 heterocycles. The molecule has 70 valence electrons. The van der Waals surface area contributed by atoms with Crippen molar-refractivity contribution in [2.75, 3.05) is 6.54 Å². The van der Waals surface area contributed by atoms with Crippen molar-refractivity contribution in [1.29, 1.82) is 0 Å². The van der Waals surface area contributed by atoms with E-state index in [-0.39, 0.29) is 0 Å². The summed E-state index contributed by atoms with van der Waals surface area (Å²) in [5, 5.41) is 0. The molecule has 0 unspecified atom stereocenters. The van der Waals surface area contributed by atoms with Crippen LogP contribution < -0.4 is 10.5 Å². The van der Waals surface area contributed by atoms with Crippen molar-refractivity contribution in [2.45, 2.75) is 18.9 Å². The first-order valence-corrected chi connectivity index (χ1v) is 4.66. The highest BCUT2D eigenvalue weighted by Gasteiger charge is 2.29. The smallest absolute Gasteiger partial charge is 0.213 e. The van der Waals surface area contributed by atoms with Gasteiger partial charge in [-0.3, -0.25) is 0 Å². The molecule has 1 fully saturated rings. The lowest BCUT2D eigenvalue weighted by Gasteiger charge is -2.33. The number of nitrogens with two attached hydrogens (primary N) is 1. The normalized spacial score (nSPS) is 26.5. The zero-order valence-electron chi connectivity index (χ0n) is 7.52. The summed E-state index contributed by atoms with van der Waals surface area (Å²) < 4.78 is 5.62. The van der Waals surface area contributed by atoms with Crippen LogP contribution in [0.3, 0.4) is 0 Å². The van der Waals surface area contributed by atoms with Crippen LogP contribution in [0.25, 0.3) is 0 Å². The maximum atomic E-state index is 5.62. The highest BCUT2D eigenvalue weighted by molar-refractivity contribution is 5.10. The molecule has 0 spiro atoms. The van der Waals surface area contributed by atoms with Crippen LogP contribution in [0, 0.1) is 5.92 Å². The van der Waals surface area contributed by atoms with Gasteiger partial charge in [-0.25, -0.2) is 4.98 Å². The van der Waals surface area contributed by atoms with Crippen LogP contribution in [-0.2, 0) is 0 Å². The van der Waals surface area contributed by atoms with Crippen LogP contribution >= 0.6 is 0 Å². The number of hydrogen-bond acceptors (Lipinski definition) is 3. The Morgan fingerprint density at radius 1 is 1.46 bits per heavy atom. The summed E-state index contributed by atoms with van der Waals surface area (Å²) in [4.78, 5) is 4.10. The van der Waals surface area contributed by atoms with Crippen LogP contribution in [0.15, 0.2) is 24.4 Å². The highest BCUT2D eigenvalue weighted by Crippen LogP contribution is 2.29. The third-order valence-corrected chi connectivity index (χ3v) is 2.45. The van der Waals surface area contributed by atoms with Crippen molar-refractivity contribution < 1.29 is 4.74 Å². The quantitative estimate of drug-likeness (QED) is 0.756. The summed E-state index contributed by atoms with van der Waals surface area (Å²) in [5.41, 5.74) is 5.52. The van der Waals surface area contributed by atoms with E-state index < -0.39 is 0 Å². The second kappa shape index (κ2) is 3.75. The summed E-state index contributed by atoms with van der Waals surface area (Å²) in [6.45, 7) is 0.780. The topological polar surface area (TPSA) is 48.1 Å². The number of pyridine rings is 1. The fraction of sp³-hybridized carbons (Fsp3) is 0.500. The van der Waals surface area contributed by atoms with E-state index in [4.69, 9.17) is 10.5 Å². The molecule has 3 nitrogen and oxygen atoms in total. The predicted molar refractivity (Wildman–Crippen MR) is 50.4 cm³/mol. The molecule has 1 aromatic rings. The van der Waals surface area contributed by atoms with E-state index in [0.29, 0.717) is 12.0 Å². The molecule has 0 aliphatic heterocycles. The van der Waals surface area contributed by atoms with Crippen molar-refractivity contribution >= 4 is 0 Å². The zero-order valence-corrected chi connectivity index (χ0v) is 7.52. The minimum Gasteiger partial charge on any atom is -0.474 e. The molecule has 0 aromatic carbocycles. The van der Waals surface area contributed by atoms with Gasteiger partial charge in [0.15, 0.2) is 0 Å². The lowest BCUT2D eigenvalue weighted by atomic mass is 9.82. The molecular weight excluding hydrogens is 164 g/mol. The number of hydrogen-bond donors (Lipinski definition) is 1. The predicted octanol–water partition coefficient (Wildman–Crippen LogP) is 1.20. The number of rotatable bonds is 3. The highest BCUT2D eigenvalue weighted by atomic mass is 16.5. The van der Waals surface area contributed by atoms with Gasteiger partial charge in [0.25, 0.3) is 0 Å². The average Bonchev–Trinajstić information content (AvgIpc) is 2.12. The van der Waals surface area contributed by atoms with Crippen LogP contribution in [-0.4, -0.2) is 17.6 Å².